The smallest absolute Gasteiger partial charge is 0.0971 e. The average Bonchev–Trinajstić information content (AvgIpc) is 2.98. The van der Waals surface area contributed by atoms with Crippen LogP contribution >= 0.6 is 0 Å². The van der Waals surface area contributed by atoms with E-state index in [4.69, 9.17) is 0 Å². The lowest BCUT2D eigenvalue weighted by Crippen LogP contribution is -2.21. The molecule has 1 atom stereocenters. The van der Waals surface area contributed by atoms with Crippen molar-refractivity contribution in [3.8, 4) is 5.69 Å². The number of nitrogens with zero attached hydrogens (tertiary/aromatic N) is 4. The molecule has 2 fully saturated rings. The van der Waals surface area contributed by atoms with Gasteiger partial charge in [-0.2, -0.15) is 0 Å². The second-order valence-corrected chi connectivity index (χ2v) is 6.49. The van der Waals surface area contributed by atoms with E-state index in [1.165, 1.54) is 18.4 Å². The van der Waals surface area contributed by atoms with Crippen LogP contribution in [0, 0.1) is 12.3 Å². The van der Waals surface area contributed by atoms with E-state index in [1.807, 2.05) is 29.1 Å². The standard InChI is InChI=1S/C16H20N4O/c1-12-4-2-3-5-14(12)20-9-13(17-18-20)8-19-10-15(21)16(11-19)6-7-16/h2-5,9,15,21H,6-8,10-11H2,1H3. The summed E-state index contributed by atoms with van der Waals surface area (Å²) in [5, 5.41) is 18.6. The molecular weight excluding hydrogens is 264 g/mol. The maximum Gasteiger partial charge on any atom is 0.0971 e. The summed E-state index contributed by atoms with van der Waals surface area (Å²) in [4.78, 5) is 2.30. The van der Waals surface area contributed by atoms with Crippen LogP contribution in [0.4, 0.5) is 0 Å². The number of rotatable bonds is 3. The fraction of sp³-hybridized carbons (Fsp3) is 0.500. The van der Waals surface area contributed by atoms with Gasteiger partial charge in [0.1, 0.15) is 0 Å². The Morgan fingerprint density at radius 1 is 1.33 bits per heavy atom. The summed E-state index contributed by atoms with van der Waals surface area (Å²) in [5.74, 6) is 0. The zero-order valence-electron chi connectivity index (χ0n) is 12.2. The molecule has 21 heavy (non-hydrogen) atoms. The molecule has 1 saturated heterocycles. The zero-order chi connectivity index (χ0) is 14.4. The first-order valence-electron chi connectivity index (χ1n) is 7.54. The number of aryl methyl sites for hydroxylation is 1. The molecule has 110 valence electrons. The van der Waals surface area contributed by atoms with E-state index in [-0.39, 0.29) is 11.5 Å². The van der Waals surface area contributed by atoms with E-state index >= 15 is 0 Å². The van der Waals surface area contributed by atoms with Crippen molar-refractivity contribution in [2.24, 2.45) is 5.41 Å². The molecule has 0 bridgehead atoms. The van der Waals surface area contributed by atoms with Crippen LogP contribution in [-0.2, 0) is 6.54 Å². The van der Waals surface area contributed by atoms with E-state index in [9.17, 15) is 5.11 Å². The molecule has 1 saturated carbocycles. The number of aliphatic hydroxyl groups excluding tert-OH is 1. The monoisotopic (exact) mass is 284 g/mol. The Morgan fingerprint density at radius 2 is 2.14 bits per heavy atom. The number of benzene rings is 1. The molecule has 2 aromatic rings. The highest BCUT2D eigenvalue weighted by atomic mass is 16.3. The third-order valence-electron chi connectivity index (χ3n) is 4.86. The van der Waals surface area contributed by atoms with Gasteiger partial charge in [0.2, 0.25) is 0 Å². The molecule has 5 heteroatoms. The Morgan fingerprint density at radius 3 is 2.86 bits per heavy atom. The number of aromatic nitrogens is 3. The number of para-hydroxylation sites is 1. The molecule has 5 nitrogen and oxygen atoms in total. The van der Waals surface area contributed by atoms with Crippen molar-refractivity contribution < 1.29 is 5.11 Å². The van der Waals surface area contributed by atoms with Crippen molar-refractivity contribution in [2.45, 2.75) is 32.4 Å². The summed E-state index contributed by atoms with van der Waals surface area (Å²) in [5.41, 5.74) is 3.41. The van der Waals surface area contributed by atoms with Gasteiger partial charge in [0.15, 0.2) is 0 Å². The molecular formula is C16H20N4O. The van der Waals surface area contributed by atoms with Crippen molar-refractivity contribution in [1.29, 1.82) is 0 Å². The van der Waals surface area contributed by atoms with Gasteiger partial charge in [0, 0.05) is 25.0 Å². The first-order chi connectivity index (χ1) is 10.2. The summed E-state index contributed by atoms with van der Waals surface area (Å²) in [7, 11) is 0. The van der Waals surface area contributed by atoms with Crippen LogP contribution in [0.1, 0.15) is 24.1 Å². The average molecular weight is 284 g/mol. The molecule has 1 unspecified atom stereocenters. The highest BCUT2D eigenvalue weighted by Crippen LogP contribution is 2.52. The SMILES string of the molecule is Cc1ccccc1-n1cc(CN2CC(O)C3(CC3)C2)nn1. The van der Waals surface area contributed by atoms with Gasteiger partial charge < -0.3 is 5.11 Å². The Hall–Kier alpha value is -1.72. The Kier molecular flexibility index (Phi) is 2.87. The molecule has 0 radical (unpaired) electrons. The Labute approximate surface area is 124 Å². The summed E-state index contributed by atoms with van der Waals surface area (Å²) < 4.78 is 1.84. The van der Waals surface area contributed by atoms with E-state index < -0.39 is 0 Å². The largest absolute Gasteiger partial charge is 0.391 e. The van der Waals surface area contributed by atoms with Crippen LogP contribution in [-0.4, -0.2) is 44.2 Å². The lowest BCUT2D eigenvalue weighted by atomic mass is 10.0. The van der Waals surface area contributed by atoms with E-state index in [0.717, 1.165) is 31.0 Å². The number of hydrogen-bond donors (Lipinski definition) is 1. The molecule has 1 N–H and O–H groups in total. The van der Waals surface area contributed by atoms with E-state index in [0.29, 0.717) is 0 Å². The van der Waals surface area contributed by atoms with Crippen molar-refractivity contribution in [1.82, 2.24) is 19.9 Å². The molecule has 1 aliphatic heterocycles. The molecule has 1 aliphatic carbocycles. The maximum atomic E-state index is 10.1. The van der Waals surface area contributed by atoms with Crippen LogP contribution in [0.15, 0.2) is 30.5 Å². The summed E-state index contributed by atoms with van der Waals surface area (Å²) in [6, 6.07) is 8.16. The third-order valence-corrected chi connectivity index (χ3v) is 4.86. The minimum absolute atomic E-state index is 0.163. The van der Waals surface area contributed by atoms with Crippen molar-refractivity contribution >= 4 is 0 Å². The summed E-state index contributed by atoms with van der Waals surface area (Å²) in [6.45, 7) is 4.59. The minimum atomic E-state index is -0.163. The van der Waals surface area contributed by atoms with Gasteiger partial charge in [-0.25, -0.2) is 4.68 Å². The molecule has 1 aromatic heterocycles. The van der Waals surface area contributed by atoms with Gasteiger partial charge in [-0.3, -0.25) is 4.90 Å². The quantitative estimate of drug-likeness (QED) is 0.929. The fourth-order valence-corrected chi connectivity index (χ4v) is 3.36. The van der Waals surface area contributed by atoms with Crippen molar-refractivity contribution in [2.75, 3.05) is 13.1 Å². The van der Waals surface area contributed by atoms with Gasteiger partial charge in [0.05, 0.1) is 23.7 Å². The number of β-amino-alcohol motifs (C(OH)–C–C–N with tert-alkyl or cyclic N) is 1. The fourth-order valence-electron chi connectivity index (χ4n) is 3.36. The van der Waals surface area contributed by atoms with Crippen LogP contribution < -0.4 is 0 Å². The molecule has 2 heterocycles. The normalized spacial score (nSPS) is 23.8. The third kappa shape index (κ3) is 2.26. The lowest BCUT2D eigenvalue weighted by Gasteiger charge is -2.12. The van der Waals surface area contributed by atoms with E-state index in [1.54, 1.807) is 0 Å². The van der Waals surface area contributed by atoms with Gasteiger partial charge in [-0.05, 0) is 31.4 Å². The molecule has 0 amide bonds. The maximum absolute atomic E-state index is 10.1. The van der Waals surface area contributed by atoms with Crippen LogP contribution in [0.5, 0.6) is 0 Å². The van der Waals surface area contributed by atoms with Crippen LogP contribution in [0.2, 0.25) is 0 Å². The summed E-state index contributed by atoms with van der Waals surface area (Å²) >= 11 is 0. The Balaban J connectivity index is 1.49. The predicted octanol–water partition coefficient (Wildman–Crippen LogP) is 1.53. The molecule has 1 aromatic carbocycles. The van der Waals surface area contributed by atoms with E-state index in [2.05, 4.69) is 28.2 Å². The topological polar surface area (TPSA) is 54.2 Å². The number of hydrogen-bond acceptors (Lipinski definition) is 4. The zero-order valence-corrected chi connectivity index (χ0v) is 12.2. The summed E-state index contributed by atoms with van der Waals surface area (Å²) in [6.07, 6.45) is 4.16. The molecule has 1 spiro atoms. The van der Waals surface area contributed by atoms with Crippen LogP contribution in [0.3, 0.4) is 0 Å². The van der Waals surface area contributed by atoms with Gasteiger partial charge in [-0.15, -0.1) is 5.10 Å². The van der Waals surface area contributed by atoms with Crippen LogP contribution in [0.25, 0.3) is 5.69 Å². The lowest BCUT2D eigenvalue weighted by molar-refractivity contribution is 0.131. The number of aliphatic hydroxyl groups is 1. The van der Waals surface area contributed by atoms with Crippen molar-refractivity contribution in [3.63, 3.8) is 0 Å². The first kappa shape index (κ1) is 13.0. The highest BCUT2D eigenvalue weighted by Gasteiger charge is 2.54. The predicted molar refractivity (Wildman–Crippen MR) is 79.0 cm³/mol. The van der Waals surface area contributed by atoms with Gasteiger partial charge in [-0.1, -0.05) is 23.4 Å². The first-order valence-corrected chi connectivity index (χ1v) is 7.54. The molecule has 2 aliphatic rings. The van der Waals surface area contributed by atoms with Crippen molar-refractivity contribution in [3.05, 3.63) is 41.7 Å². The second-order valence-electron chi connectivity index (χ2n) is 6.49. The number of likely N-dealkylation sites (tertiary alicyclic amines) is 1. The highest BCUT2D eigenvalue weighted by molar-refractivity contribution is 5.38. The van der Waals surface area contributed by atoms with Gasteiger partial charge >= 0.3 is 0 Å². The second kappa shape index (κ2) is 4.64. The Bertz CT molecular complexity index is 662. The van der Waals surface area contributed by atoms with Gasteiger partial charge in [0.25, 0.3) is 0 Å². The molecule has 4 rings (SSSR count). The minimum Gasteiger partial charge on any atom is -0.391 e.